The van der Waals surface area contributed by atoms with E-state index in [1.165, 1.54) is 41.1 Å². The standard InChI is InChI=1S/C19H21FN3O2P/c1-3-6-16(17(26)4-2)23-12-13(9-10-18(23)24)19(25)22-21-15-8-5-7-14(20)11-15/h4-12,21H,3,26H2,1-2H3,(H,22,25)/b16-6+,17-4+. The van der Waals surface area contributed by atoms with E-state index in [0.29, 0.717) is 16.9 Å². The minimum atomic E-state index is -0.440. The Morgan fingerprint density at radius 2 is 2.08 bits per heavy atom. The van der Waals surface area contributed by atoms with Gasteiger partial charge in [0.05, 0.1) is 16.9 Å². The topological polar surface area (TPSA) is 63.1 Å². The fourth-order valence-corrected chi connectivity index (χ4v) is 2.53. The van der Waals surface area contributed by atoms with E-state index < -0.39 is 11.7 Å². The Labute approximate surface area is 153 Å². The quantitative estimate of drug-likeness (QED) is 0.460. The summed E-state index contributed by atoms with van der Waals surface area (Å²) in [7, 11) is 2.58. The number of allylic oxidation sites excluding steroid dienone is 4. The van der Waals surface area contributed by atoms with E-state index in [1.54, 1.807) is 6.07 Å². The zero-order valence-electron chi connectivity index (χ0n) is 14.6. The highest BCUT2D eigenvalue weighted by Gasteiger charge is 2.11. The predicted octanol–water partition coefficient (Wildman–Crippen LogP) is 3.77. The van der Waals surface area contributed by atoms with Crippen LogP contribution in [0.4, 0.5) is 10.1 Å². The molecule has 0 aliphatic carbocycles. The van der Waals surface area contributed by atoms with Crippen LogP contribution >= 0.6 is 9.24 Å². The maximum absolute atomic E-state index is 13.2. The fourth-order valence-electron chi connectivity index (χ4n) is 2.27. The first-order valence-corrected chi connectivity index (χ1v) is 8.71. The molecule has 1 unspecified atom stereocenters. The Morgan fingerprint density at radius 3 is 2.73 bits per heavy atom. The van der Waals surface area contributed by atoms with E-state index in [9.17, 15) is 14.0 Å². The van der Waals surface area contributed by atoms with E-state index in [-0.39, 0.29) is 5.56 Å². The lowest BCUT2D eigenvalue weighted by atomic mass is 10.2. The van der Waals surface area contributed by atoms with Crippen molar-refractivity contribution < 1.29 is 9.18 Å². The Morgan fingerprint density at radius 1 is 1.31 bits per heavy atom. The van der Waals surface area contributed by atoms with E-state index >= 15 is 0 Å². The first kappa shape index (κ1) is 19.6. The summed E-state index contributed by atoms with van der Waals surface area (Å²) in [6.45, 7) is 3.84. The number of benzene rings is 1. The molecule has 1 heterocycles. The number of nitrogens with zero attached hydrogens (tertiary/aromatic N) is 1. The van der Waals surface area contributed by atoms with Gasteiger partial charge in [-0.3, -0.25) is 25.0 Å². The summed E-state index contributed by atoms with van der Waals surface area (Å²) in [4.78, 5) is 24.6. The molecule has 1 amide bonds. The molecule has 0 aliphatic rings. The van der Waals surface area contributed by atoms with Gasteiger partial charge in [0.15, 0.2) is 0 Å². The average Bonchev–Trinajstić information content (AvgIpc) is 2.64. The number of halogens is 1. The third kappa shape index (κ3) is 4.90. The van der Waals surface area contributed by atoms with Crippen LogP contribution in [0, 0.1) is 5.82 Å². The van der Waals surface area contributed by atoms with Crippen molar-refractivity contribution in [2.45, 2.75) is 20.3 Å². The van der Waals surface area contributed by atoms with Crippen LogP contribution in [0.3, 0.4) is 0 Å². The number of aromatic nitrogens is 1. The highest BCUT2D eigenvalue weighted by Crippen LogP contribution is 2.21. The summed E-state index contributed by atoms with van der Waals surface area (Å²) in [5.74, 6) is -0.851. The maximum Gasteiger partial charge on any atom is 0.271 e. The van der Waals surface area contributed by atoms with Crippen LogP contribution in [-0.4, -0.2) is 10.5 Å². The van der Waals surface area contributed by atoms with Gasteiger partial charge >= 0.3 is 0 Å². The van der Waals surface area contributed by atoms with Crippen molar-refractivity contribution in [3.8, 4) is 0 Å². The number of carbonyl (C=O) groups excluding carboxylic acids is 1. The molecule has 0 bridgehead atoms. The summed E-state index contributed by atoms with van der Waals surface area (Å²) < 4.78 is 14.6. The van der Waals surface area contributed by atoms with Crippen molar-refractivity contribution in [3.05, 3.63) is 81.8 Å². The third-order valence-corrected chi connectivity index (χ3v) is 4.21. The first-order valence-electron chi connectivity index (χ1n) is 8.13. The molecule has 2 N–H and O–H groups in total. The normalized spacial score (nSPS) is 12.0. The number of carbonyl (C=O) groups is 1. The lowest BCUT2D eigenvalue weighted by molar-refractivity contribution is 0.0962. The monoisotopic (exact) mass is 373 g/mol. The van der Waals surface area contributed by atoms with Crippen LogP contribution in [0.5, 0.6) is 0 Å². The highest BCUT2D eigenvalue weighted by atomic mass is 31.0. The van der Waals surface area contributed by atoms with Gasteiger partial charge < -0.3 is 0 Å². The molecule has 0 fully saturated rings. The molecule has 1 aromatic carbocycles. The Bertz CT molecular complexity index is 919. The molecular formula is C19H21FN3O2P. The lowest BCUT2D eigenvalue weighted by Crippen LogP contribution is -2.31. The summed E-state index contributed by atoms with van der Waals surface area (Å²) in [6, 6.07) is 8.52. The van der Waals surface area contributed by atoms with Gasteiger partial charge in [-0.05, 0) is 42.9 Å². The summed E-state index contributed by atoms with van der Waals surface area (Å²) >= 11 is 0. The van der Waals surface area contributed by atoms with Gasteiger partial charge in [-0.15, -0.1) is 9.24 Å². The van der Waals surface area contributed by atoms with E-state index in [2.05, 4.69) is 20.1 Å². The number of pyridine rings is 1. The van der Waals surface area contributed by atoms with Crippen LogP contribution in [0.15, 0.2) is 64.9 Å². The summed E-state index contributed by atoms with van der Waals surface area (Å²) in [5.41, 5.74) is 6.33. The predicted molar refractivity (Wildman–Crippen MR) is 106 cm³/mol. The minimum absolute atomic E-state index is 0.235. The van der Waals surface area contributed by atoms with Gasteiger partial charge in [-0.1, -0.05) is 25.1 Å². The molecule has 0 saturated heterocycles. The smallest absolute Gasteiger partial charge is 0.271 e. The van der Waals surface area contributed by atoms with Crippen LogP contribution < -0.4 is 16.4 Å². The number of hydrogen-bond acceptors (Lipinski definition) is 3. The van der Waals surface area contributed by atoms with Crippen molar-refractivity contribution in [1.29, 1.82) is 0 Å². The van der Waals surface area contributed by atoms with Crippen molar-refractivity contribution in [2.75, 3.05) is 5.43 Å². The Kier molecular flexibility index (Phi) is 6.87. The van der Waals surface area contributed by atoms with E-state index in [1.807, 2.05) is 26.0 Å². The molecular weight excluding hydrogens is 352 g/mol. The molecule has 0 radical (unpaired) electrons. The zero-order chi connectivity index (χ0) is 19.1. The minimum Gasteiger partial charge on any atom is -0.298 e. The van der Waals surface area contributed by atoms with Gasteiger partial charge in [-0.25, -0.2) is 4.39 Å². The van der Waals surface area contributed by atoms with Gasteiger partial charge in [-0.2, -0.15) is 0 Å². The average molecular weight is 373 g/mol. The largest absolute Gasteiger partial charge is 0.298 e. The maximum atomic E-state index is 13.2. The molecule has 5 nitrogen and oxygen atoms in total. The van der Waals surface area contributed by atoms with Crippen LogP contribution in [0.25, 0.3) is 5.70 Å². The second-order valence-electron chi connectivity index (χ2n) is 5.46. The highest BCUT2D eigenvalue weighted by molar-refractivity contribution is 7.23. The Balaban J connectivity index is 2.26. The van der Waals surface area contributed by atoms with Crippen LogP contribution in [0.2, 0.25) is 0 Å². The number of amides is 1. The molecule has 0 saturated carbocycles. The lowest BCUT2D eigenvalue weighted by Gasteiger charge is -2.13. The molecule has 7 heteroatoms. The van der Waals surface area contributed by atoms with E-state index in [0.717, 1.165) is 11.7 Å². The second kappa shape index (κ2) is 9.11. The molecule has 26 heavy (non-hydrogen) atoms. The van der Waals surface area contributed by atoms with Gasteiger partial charge in [0.1, 0.15) is 5.82 Å². The number of nitrogens with one attached hydrogen (secondary N) is 2. The van der Waals surface area contributed by atoms with Crippen molar-refractivity contribution >= 4 is 26.5 Å². The van der Waals surface area contributed by atoms with Crippen LogP contribution in [-0.2, 0) is 0 Å². The zero-order valence-corrected chi connectivity index (χ0v) is 15.8. The van der Waals surface area contributed by atoms with Crippen LogP contribution in [0.1, 0.15) is 30.6 Å². The molecule has 0 aliphatic heterocycles. The van der Waals surface area contributed by atoms with Crippen molar-refractivity contribution in [1.82, 2.24) is 9.99 Å². The first-order chi connectivity index (χ1) is 12.5. The van der Waals surface area contributed by atoms with Gasteiger partial charge in [0.25, 0.3) is 11.5 Å². The molecule has 2 rings (SSSR count). The fraction of sp³-hybridized carbons (Fsp3) is 0.158. The van der Waals surface area contributed by atoms with E-state index in [4.69, 9.17) is 0 Å². The number of anilines is 1. The van der Waals surface area contributed by atoms with Crippen molar-refractivity contribution in [3.63, 3.8) is 0 Å². The third-order valence-electron chi connectivity index (χ3n) is 3.58. The van der Waals surface area contributed by atoms with Crippen molar-refractivity contribution in [2.24, 2.45) is 0 Å². The number of rotatable bonds is 6. The second-order valence-corrected chi connectivity index (χ2v) is 6.08. The molecule has 1 atom stereocenters. The SMILES string of the molecule is C/C=C(P)\C(=C/CC)n1cc(C(=O)NNc2cccc(F)c2)ccc1=O. The summed E-state index contributed by atoms with van der Waals surface area (Å²) in [5, 5.41) is 0.851. The molecule has 0 spiro atoms. The Hall–Kier alpha value is -2.72. The molecule has 2 aromatic rings. The summed E-state index contributed by atoms with van der Waals surface area (Å²) in [6.07, 6.45) is 6.01. The molecule has 1 aromatic heterocycles. The number of hydrazine groups is 1. The molecule has 136 valence electrons. The van der Waals surface area contributed by atoms with Gasteiger partial charge in [0, 0.05) is 12.3 Å². The van der Waals surface area contributed by atoms with Gasteiger partial charge in [0.2, 0.25) is 0 Å². The number of hydrogen-bond donors (Lipinski definition) is 2.